The number of amides is 1. The molecule has 7 heteroatoms. The van der Waals surface area contributed by atoms with Crippen LogP contribution < -0.4 is 10.1 Å². The van der Waals surface area contributed by atoms with Gasteiger partial charge in [-0.05, 0) is 60.7 Å². The number of nitrogens with zero attached hydrogens (tertiary/aromatic N) is 2. The topological polar surface area (TPSA) is 73.2 Å². The predicted octanol–water partition coefficient (Wildman–Crippen LogP) is 4.82. The van der Waals surface area contributed by atoms with Crippen LogP contribution >= 0.6 is 0 Å². The molecule has 0 saturated carbocycles. The third kappa shape index (κ3) is 4.99. The number of benzene rings is 3. The quantitative estimate of drug-likeness (QED) is 0.394. The van der Waals surface area contributed by atoms with Crippen molar-refractivity contribution in [1.82, 2.24) is 15.1 Å². The minimum absolute atomic E-state index is 0.0356. The average molecular weight is 470 g/mol. The normalized spacial score (nSPS) is 14.7. The molecule has 0 radical (unpaired) electrons. The van der Waals surface area contributed by atoms with Gasteiger partial charge in [0.05, 0.1) is 29.1 Å². The second-order valence-corrected chi connectivity index (χ2v) is 8.48. The second kappa shape index (κ2) is 9.93. The van der Waals surface area contributed by atoms with E-state index in [1.807, 2.05) is 48.5 Å². The first kappa shape index (κ1) is 22.5. The Balaban J connectivity index is 1.29. The summed E-state index contributed by atoms with van der Waals surface area (Å²) in [6, 6.07) is 21.1. The maximum atomic E-state index is 14.0. The highest BCUT2D eigenvalue weighted by molar-refractivity contribution is 6.10. The van der Waals surface area contributed by atoms with Crippen LogP contribution in [0, 0.1) is 5.82 Å². The third-order valence-corrected chi connectivity index (χ3v) is 6.12. The number of carbonyl (C=O) groups excluding carboxylic acids is 2. The van der Waals surface area contributed by atoms with Gasteiger partial charge in [0, 0.05) is 6.20 Å². The van der Waals surface area contributed by atoms with Crippen molar-refractivity contribution in [2.75, 3.05) is 6.61 Å². The number of aryl methyl sites for hydroxylation is 1. The summed E-state index contributed by atoms with van der Waals surface area (Å²) in [5.74, 6) is -1.17. The van der Waals surface area contributed by atoms with Gasteiger partial charge in [0.15, 0.2) is 12.4 Å². The zero-order valence-corrected chi connectivity index (χ0v) is 19.0. The summed E-state index contributed by atoms with van der Waals surface area (Å²) in [7, 11) is 0. The summed E-state index contributed by atoms with van der Waals surface area (Å²) < 4.78 is 21.3. The largest absolute Gasteiger partial charge is 0.483 e. The molecule has 0 fully saturated rings. The molecule has 0 unspecified atom stereocenters. The fraction of sp³-hybridized carbons (Fsp3) is 0.179. The van der Waals surface area contributed by atoms with E-state index < -0.39 is 11.6 Å². The van der Waals surface area contributed by atoms with Gasteiger partial charge in [-0.15, -0.1) is 0 Å². The standard InChI is InChI=1S/C28H24FN3O3/c29-21-13-14-26(35-18-27(33)31-25-12-6-8-19-7-4-5-11-23(19)25)24(15-21)28(34)20-16-30-32(17-20)22-9-2-1-3-10-22/h1-5,7,9-11,13-17,25H,6,8,12,18H2,(H,31,33)/t25-/m0/s1. The molecule has 3 aromatic carbocycles. The van der Waals surface area contributed by atoms with Crippen molar-refractivity contribution in [2.45, 2.75) is 25.3 Å². The molecule has 4 aromatic rings. The van der Waals surface area contributed by atoms with Crippen molar-refractivity contribution < 1.29 is 18.7 Å². The van der Waals surface area contributed by atoms with E-state index in [4.69, 9.17) is 4.74 Å². The Kier molecular flexibility index (Phi) is 6.39. The number of carbonyl (C=O) groups is 2. The van der Waals surface area contributed by atoms with Crippen LogP contribution in [0.3, 0.4) is 0 Å². The molecule has 0 spiro atoms. The Labute approximate surface area is 202 Å². The van der Waals surface area contributed by atoms with Crippen LogP contribution in [0.2, 0.25) is 0 Å². The molecule has 1 aliphatic carbocycles. The van der Waals surface area contributed by atoms with E-state index in [1.54, 1.807) is 10.9 Å². The minimum atomic E-state index is -0.570. The first-order chi connectivity index (χ1) is 17.1. The number of nitrogens with one attached hydrogen (secondary N) is 1. The molecule has 1 aromatic heterocycles. The Morgan fingerprint density at radius 3 is 2.71 bits per heavy atom. The molecule has 176 valence electrons. The monoisotopic (exact) mass is 469 g/mol. The maximum absolute atomic E-state index is 14.0. The lowest BCUT2D eigenvalue weighted by atomic mass is 9.88. The lowest BCUT2D eigenvalue weighted by molar-refractivity contribution is -0.124. The Morgan fingerprint density at radius 2 is 1.86 bits per heavy atom. The van der Waals surface area contributed by atoms with Crippen molar-refractivity contribution in [3.05, 3.63) is 113 Å². The van der Waals surface area contributed by atoms with Gasteiger partial charge in [-0.3, -0.25) is 9.59 Å². The van der Waals surface area contributed by atoms with E-state index in [9.17, 15) is 14.0 Å². The highest BCUT2D eigenvalue weighted by atomic mass is 19.1. The molecule has 0 saturated heterocycles. The average Bonchev–Trinajstić information content (AvgIpc) is 3.39. The van der Waals surface area contributed by atoms with Crippen molar-refractivity contribution in [1.29, 1.82) is 0 Å². The molecule has 0 bridgehead atoms. The molecule has 1 aliphatic rings. The van der Waals surface area contributed by atoms with Gasteiger partial charge < -0.3 is 10.1 Å². The number of ketones is 1. The van der Waals surface area contributed by atoms with E-state index in [0.717, 1.165) is 36.6 Å². The van der Waals surface area contributed by atoms with Crippen molar-refractivity contribution in [2.24, 2.45) is 0 Å². The highest BCUT2D eigenvalue weighted by Crippen LogP contribution is 2.29. The molecule has 0 aliphatic heterocycles. The van der Waals surface area contributed by atoms with Gasteiger partial charge in [-0.25, -0.2) is 9.07 Å². The van der Waals surface area contributed by atoms with Gasteiger partial charge in [0.1, 0.15) is 11.6 Å². The van der Waals surface area contributed by atoms with Crippen LogP contribution in [-0.4, -0.2) is 28.1 Å². The summed E-state index contributed by atoms with van der Waals surface area (Å²) in [4.78, 5) is 25.8. The SMILES string of the molecule is O=C(COc1ccc(F)cc1C(=O)c1cnn(-c2ccccc2)c1)N[C@H]1CCCc2ccccc21. The van der Waals surface area contributed by atoms with Crippen LogP contribution in [-0.2, 0) is 11.2 Å². The summed E-state index contributed by atoms with van der Waals surface area (Å²) in [6.07, 6.45) is 5.86. The number of hydrogen-bond acceptors (Lipinski definition) is 4. The molecule has 6 nitrogen and oxygen atoms in total. The van der Waals surface area contributed by atoms with Gasteiger partial charge in [0.2, 0.25) is 0 Å². The van der Waals surface area contributed by atoms with E-state index in [2.05, 4.69) is 16.5 Å². The predicted molar refractivity (Wildman–Crippen MR) is 129 cm³/mol. The molecule has 1 atom stereocenters. The Hall–Kier alpha value is -4.26. The van der Waals surface area contributed by atoms with Gasteiger partial charge in [-0.2, -0.15) is 5.10 Å². The maximum Gasteiger partial charge on any atom is 0.258 e. The molecular weight excluding hydrogens is 445 g/mol. The molecule has 1 heterocycles. The summed E-state index contributed by atoms with van der Waals surface area (Å²) >= 11 is 0. The number of halogens is 1. The Bertz CT molecular complexity index is 1370. The number of hydrogen-bond donors (Lipinski definition) is 1. The van der Waals surface area contributed by atoms with Crippen molar-refractivity contribution >= 4 is 11.7 Å². The fourth-order valence-electron chi connectivity index (χ4n) is 4.41. The summed E-state index contributed by atoms with van der Waals surface area (Å²) in [5, 5.41) is 7.26. The number of para-hydroxylation sites is 1. The first-order valence-electron chi connectivity index (χ1n) is 11.5. The number of ether oxygens (including phenoxy) is 1. The number of fused-ring (bicyclic) bond motifs is 1. The van der Waals surface area contributed by atoms with Gasteiger partial charge in [0.25, 0.3) is 5.91 Å². The van der Waals surface area contributed by atoms with Gasteiger partial charge in [-0.1, -0.05) is 42.5 Å². The zero-order chi connectivity index (χ0) is 24.2. The third-order valence-electron chi connectivity index (χ3n) is 6.12. The van der Waals surface area contributed by atoms with Crippen LogP contribution in [0.25, 0.3) is 5.69 Å². The van der Waals surface area contributed by atoms with Crippen molar-refractivity contribution in [3.63, 3.8) is 0 Å². The lowest BCUT2D eigenvalue weighted by Crippen LogP contribution is -2.34. The smallest absolute Gasteiger partial charge is 0.258 e. The van der Waals surface area contributed by atoms with Crippen LogP contribution in [0.5, 0.6) is 5.75 Å². The first-order valence-corrected chi connectivity index (χ1v) is 11.5. The molecular formula is C28H24FN3O3. The molecule has 5 rings (SSSR count). The molecule has 1 amide bonds. The van der Waals surface area contributed by atoms with Crippen molar-refractivity contribution in [3.8, 4) is 11.4 Å². The minimum Gasteiger partial charge on any atom is -0.483 e. The summed E-state index contributed by atoms with van der Waals surface area (Å²) in [6.45, 7) is -0.284. The van der Waals surface area contributed by atoms with Crippen LogP contribution in [0.15, 0.2) is 85.2 Å². The number of aromatic nitrogens is 2. The Morgan fingerprint density at radius 1 is 1.06 bits per heavy atom. The number of rotatable bonds is 7. The summed E-state index contributed by atoms with van der Waals surface area (Å²) in [5.41, 5.74) is 3.48. The zero-order valence-electron chi connectivity index (χ0n) is 19.0. The highest BCUT2D eigenvalue weighted by Gasteiger charge is 2.23. The van der Waals surface area contributed by atoms with E-state index in [0.29, 0.717) is 0 Å². The lowest BCUT2D eigenvalue weighted by Gasteiger charge is -2.26. The fourth-order valence-corrected chi connectivity index (χ4v) is 4.41. The second-order valence-electron chi connectivity index (χ2n) is 8.48. The van der Waals surface area contributed by atoms with Gasteiger partial charge >= 0.3 is 0 Å². The molecule has 35 heavy (non-hydrogen) atoms. The van der Waals surface area contributed by atoms with E-state index in [-0.39, 0.29) is 35.4 Å². The van der Waals surface area contributed by atoms with Crippen LogP contribution in [0.4, 0.5) is 4.39 Å². The van der Waals surface area contributed by atoms with Crippen LogP contribution in [0.1, 0.15) is 45.9 Å². The van der Waals surface area contributed by atoms with E-state index in [1.165, 1.54) is 23.9 Å². The van der Waals surface area contributed by atoms with E-state index >= 15 is 0 Å². The molecule has 1 N–H and O–H groups in total.